The minimum Gasteiger partial charge on any atom is -0.463 e. The maximum atomic E-state index is 12.1. The first-order valence-corrected chi connectivity index (χ1v) is 14.5. The first-order chi connectivity index (χ1) is 18.6. The number of esters is 1. The average Bonchev–Trinajstić information content (AvgIpc) is 2.85. The third-order valence-electron chi connectivity index (χ3n) is 5.39. The van der Waals surface area contributed by atoms with Gasteiger partial charge in [0.15, 0.2) is 0 Å². The Morgan fingerprint density at radius 2 is 1.29 bits per heavy atom. The van der Waals surface area contributed by atoms with Gasteiger partial charge in [-0.25, -0.2) is 4.57 Å². The lowest BCUT2D eigenvalue weighted by Crippen LogP contribution is -2.24. The molecule has 9 nitrogen and oxygen atoms in total. The molecule has 0 radical (unpaired) electrons. The number of aliphatic hydroxyl groups excluding tert-OH is 2. The maximum Gasteiger partial charge on any atom is 0.472 e. The van der Waals surface area contributed by atoms with Gasteiger partial charge in [-0.15, -0.1) is 0 Å². The highest BCUT2D eigenvalue weighted by Crippen LogP contribution is 2.43. The fraction of sp³-hybridized carbons (Fsp3) is 0.960. The Kier molecular flexibility index (Phi) is 17.8. The molecule has 0 spiro atoms. The van der Waals surface area contributed by atoms with Crippen LogP contribution in [0.25, 0.3) is 0 Å². The van der Waals surface area contributed by atoms with E-state index in [4.69, 9.17) is 17.1 Å². The van der Waals surface area contributed by atoms with Crippen molar-refractivity contribution in [1.29, 1.82) is 0 Å². The van der Waals surface area contributed by atoms with E-state index < -0.39 is 52.3 Å². The van der Waals surface area contributed by atoms with Crippen molar-refractivity contribution < 1.29 is 50.2 Å². The summed E-state index contributed by atoms with van der Waals surface area (Å²) in [4.78, 5) is 21.6. The van der Waals surface area contributed by atoms with Crippen LogP contribution in [0.15, 0.2) is 0 Å². The molecule has 0 heterocycles. The van der Waals surface area contributed by atoms with Crippen molar-refractivity contribution >= 4 is 13.8 Å². The molecule has 0 bridgehead atoms. The summed E-state index contributed by atoms with van der Waals surface area (Å²) in [6.45, 7) is -7.11. The third kappa shape index (κ3) is 24.9. The van der Waals surface area contributed by atoms with E-state index >= 15 is 0 Å². The number of hydrogen-bond donors (Lipinski definition) is 4. The highest BCUT2D eigenvalue weighted by Gasteiger charge is 2.24. The third-order valence-corrected chi connectivity index (χ3v) is 6.19. The summed E-state index contributed by atoms with van der Waals surface area (Å²) in [5.74, 6) is -1.12. The molecule has 0 fully saturated rings. The van der Waals surface area contributed by atoms with Crippen LogP contribution in [0.2, 0.25) is 0 Å². The number of carbonyl (C=O) groups is 1. The molecule has 0 saturated heterocycles. The summed E-state index contributed by atoms with van der Waals surface area (Å²) in [5.41, 5.74) is 0. The van der Waals surface area contributed by atoms with Gasteiger partial charge in [-0.05, 0) is 6.42 Å². The van der Waals surface area contributed by atoms with Crippen molar-refractivity contribution in [2.24, 2.45) is 0 Å². The Morgan fingerprint density at radius 3 is 1.74 bits per heavy atom. The zero-order valence-electron chi connectivity index (χ0n) is 26.3. The molecule has 0 rings (SSSR count). The fourth-order valence-electron chi connectivity index (χ4n) is 3.35. The molecule has 4 N–H and O–H groups in total. The number of rotatable bonds is 26. The lowest BCUT2D eigenvalue weighted by atomic mass is 10.0. The van der Waals surface area contributed by atoms with Gasteiger partial charge in [0.1, 0.15) is 18.7 Å². The van der Waals surface area contributed by atoms with E-state index in [1.807, 2.05) is 0 Å². The molecule has 10 heteroatoms. The van der Waals surface area contributed by atoms with Crippen molar-refractivity contribution in [1.82, 2.24) is 0 Å². The number of hydrogen-bond acceptors (Lipinski definition) is 8. The van der Waals surface area contributed by atoms with Gasteiger partial charge in [0.05, 0.1) is 26.6 Å². The van der Waals surface area contributed by atoms with E-state index in [9.17, 15) is 19.4 Å². The summed E-state index contributed by atoms with van der Waals surface area (Å²) in [6.07, 6.45) is 12.5. The van der Waals surface area contributed by atoms with Crippen LogP contribution in [0.5, 0.6) is 0 Å². The molecule has 210 valence electrons. The molecule has 2 unspecified atom stereocenters. The summed E-state index contributed by atoms with van der Waals surface area (Å²) in [5, 5.41) is 28.0. The minimum absolute atomic E-state index is 0.224. The zero-order chi connectivity index (χ0) is 30.7. The van der Waals surface area contributed by atoms with Crippen LogP contribution in [0, 0.1) is 0 Å². The largest absolute Gasteiger partial charge is 0.472 e. The molecular formula is C25H51O9P. The molecule has 0 aliphatic heterocycles. The molecule has 0 amide bonds. The predicted molar refractivity (Wildman–Crippen MR) is 136 cm³/mol. The van der Waals surface area contributed by atoms with Crippen LogP contribution in [0.1, 0.15) is 123 Å². The Bertz CT molecular complexity index is 729. The Balaban J connectivity index is 4.19. The summed E-state index contributed by atoms with van der Waals surface area (Å²) in [6, 6.07) is 0. The number of unbranched alkanes of at least 4 members (excludes halogenated alkanes) is 15. The van der Waals surface area contributed by atoms with Crippen molar-refractivity contribution in [2.75, 3.05) is 26.3 Å². The number of carbonyl (C=O) groups excluding carboxylic acids is 1. The van der Waals surface area contributed by atoms with Crippen molar-refractivity contribution in [3.8, 4) is 0 Å². The Morgan fingerprint density at radius 1 is 0.829 bits per heavy atom. The SMILES string of the molecule is [2H]C([2H])(OC(=O)CCCCCCCCCCCCCCCCCC)[C@@]([2H])(O)C([2H])([2H])OP(=O)(O)OCC(O)CO. The summed E-state index contributed by atoms with van der Waals surface area (Å²) < 4.78 is 63.0. The summed E-state index contributed by atoms with van der Waals surface area (Å²) >= 11 is 0. The molecular weight excluding hydrogens is 475 g/mol. The Hall–Kier alpha value is -0.540. The lowest BCUT2D eigenvalue weighted by Gasteiger charge is -2.16. The van der Waals surface area contributed by atoms with Crippen LogP contribution < -0.4 is 0 Å². The molecule has 3 atom stereocenters. The smallest absolute Gasteiger partial charge is 0.463 e. The maximum absolute atomic E-state index is 12.1. The van der Waals surface area contributed by atoms with E-state index in [0.717, 1.165) is 19.3 Å². The molecule has 0 aliphatic rings. The number of phosphoric ester groups is 1. The molecule has 0 aromatic carbocycles. The topological polar surface area (TPSA) is 143 Å². The molecule has 0 saturated carbocycles. The van der Waals surface area contributed by atoms with E-state index in [-0.39, 0.29) is 6.42 Å². The van der Waals surface area contributed by atoms with E-state index in [2.05, 4.69) is 20.7 Å². The monoisotopic (exact) mass is 531 g/mol. The normalized spacial score (nSPS) is 18.8. The highest BCUT2D eigenvalue weighted by atomic mass is 31.2. The zero-order valence-corrected chi connectivity index (χ0v) is 22.2. The molecule has 0 aliphatic carbocycles. The fourth-order valence-corrected chi connectivity index (χ4v) is 3.97. The highest BCUT2D eigenvalue weighted by molar-refractivity contribution is 7.47. The number of ether oxygens (including phenoxy) is 1. The second-order valence-corrected chi connectivity index (χ2v) is 10.1. The first kappa shape index (κ1) is 26.1. The van der Waals surface area contributed by atoms with Crippen molar-refractivity contribution in [2.45, 2.75) is 128 Å². The van der Waals surface area contributed by atoms with Gasteiger partial charge in [0.2, 0.25) is 0 Å². The van der Waals surface area contributed by atoms with Gasteiger partial charge in [-0.1, -0.05) is 103 Å². The first-order valence-electron chi connectivity index (χ1n) is 15.5. The van der Waals surface area contributed by atoms with Crippen molar-refractivity contribution in [3.63, 3.8) is 0 Å². The molecule has 35 heavy (non-hydrogen) atoms. The van der Waals surface area contributed by atoms with Gasteiger partial charge >= 0.3 is 13.8 Å². The summed E-state index contributed by atoms with van der Waals surface area (Å²) in [7, 11) is -5.36. The number of aliphatic hydroxyl groups is 3. The standard InChI is InChI=1S/C25H51O9P/c1-2-3-4-5-6-7-8-9-10-11-12-13-14-15-16-17-18-25(29)32-20-24(28)22-34-35(30,31)33-21-23(27)19-26/h23-24,26-28H,2-22H2,1H3,(H,30,31)/t23?,24-/m1/s1/i20D2,22D2,24D. The minimum atomic E-state index is -5.36. The van der Waals surface area contributed by atoms with Gasteiger partial charge in [-0.2, -0.15) is 0 Å². The van der Waals surface area contributed by atoms with Gasteiger partial charge < -0.3 is 24.9 Å². The van der Waals surface area contributed by atoms with Crippen LogP contribution in [0.3, 0.4) is 0 Å². The van der Waals surface area contributed by atoms with Crippen LogP contribution >= 0.6 is 7.82 Å². The van der Waals surface area contributed by atoms with E-state index in [0.29, 0.717) is 12.8 Å². The van der Waals surface area contributed by atoms with Crippen LogP contribution in [0.4, 0.5) is 0 Å². The van der Waals surface area contributed by atoms with E-state index in [1.165, 1.54) is 70.6 Å². The van der Waals surface area contributed by atoms with Crippen molar-refractivity contribution in [3.05, 3.63) is 0 Å². The molecule has 0 aromatic heterocycles. The predicted octanol–water partition coefficient (Wildman–Crippen LogP) is 5.03. The van der Waals surface area contributed by atoms with Gasteiger partial charge in [0.25, 0.3) is 0 Å². The van der Waals surface area contributed by atoms with Gasteiger partial charge in [0, 0.05) is 6.42 Å². The average molecular weight is 532 g/mol. The second kappa shape index (κ2) is 23.8. The van der Waals surface area contributed by atoms with Crippen LogP contribution in [-0.4, -0.2) is 64.7 Å². The quantitative estimate of drug-likeness (QED) is 0.0686. The second-order valence-electron chi connectivity index (χ2n) is 8.77. The number of phosphoric acid groups is 1. The Labute approximate surface area is 219 Å². The molecule has 0 aromatic rings. The van der Waals surface area contributed by atoms with Gasteiger partial charge in [-0.3, -0.25) is 13.8 Å². The van der Waals surface area contributed by atoms with Crippen LogP contribution in [-0.2, 0) is 23.1 Å². The van der Waals surface area contributed by atoms with E-state index in [1.54, 1.807) is 0 Å². The lowest BCUT2D eigenvalue weighted by molar-refractivity contribution is -0.147.